The summed E-state index contributed by atoms with van der Waals surface area (Å²) in [7, 11) is 0. The Morgan fingerprint density at radius 1 is 0.379 bits per heavy atom. The van der Waals surface area contributed by atoms with Gasteiger partial charge in [-0.3, -0.25) is 0 Å². The fourth-order valence-corrected chi connectivity index (χ4v) is 9.70. The zero-order chi connectivity index (χ0) is 45.3. The number of halogens is 3. The molecule has 0 fully saturated rings. The molecule has 0 unspecified atom stereocenters. The molecule has 0 aliphatic carbocycles. The van der Waals surface area contributed by atoms with Gasteiger partial charge in [0.2, 0.25) is 0 Å². The van der Waals surface area contributed by atoms with E-state index in [4.69, 9.17) is 0 Å². The number of hydrogen-bond donors (Lipinski definition) is 0. The second-order valence-electron chi connectivity index (χ2n) is 16.9. The molecule has 11 aromatic rings. The first-order valence-corrected chi connectivity index (χ1v) is 21.6. The maximum Gasteiger partial charge on any atom is 0.417 e. The Bertz CT molecular complexity index is 3870. The number of benzene rings is 9. The van der Waals surface area contributed by atoms with Crippen molar-refractivity contribution in [3.05, 3.63) is 216 Å². The smallest absolute Gasteiger partial charge is 0.309 e. The maximum atomic E-state index is 15.0. The van der Waals surface area contributed by atoms with E-state index >= 15 is 0 Å². The van der Waals surface area contributed by atoms with Gasteiger partial charge in [0, 0.05) is 32.7 Å². The number of rotatable bonds is 6. The predicted molar refractivity (Wildman–Crippen MR) is 261 cm³/mol. The van der Waals surface area contributed by atoms with E-state index in [9.17, 15) is 23.7 Å². The highest BCUT2D eigenvalue weighted by molar-refractivity contribution is 6.13. The van der Waals surface area contributed by atoms with Crippen LogP contribution in [0.3, 0.4) is 0 Å². The van der Waals surface area contributed by atoms with Gasteiger partial charge in [-0.1, -0.05) is 120 Å². The Hall–Kier alpha value is -8.65. The molecule has 4 nitrogen and oxygen atoms in total. The zero-order valence-corrected chi connectivity index (χ0v) is 35.8. The van der Waals surface area contributed by atoms with Crippen LogP contribution < -0.4 is 0 Å². The number of para-hydroxylation sites is 2. The fraction of sp³-hybridized carbons (Fsp3) is 0.0508. The standard InChI is InChI=1S/C59H37F3N4/c1-36-9-7-11-40(27-36)42-19-24-56-49(31-42)46-13-3-5-15-53(46)65(56)55-23-18-38(34-63)29-48(55)51-33-44(45-22-17-39(35-64)30-52(45)59(60,61)62)21-26-58(51)66-54-16-6-4-14-47(54)50-32-43(20-25-57(50)66)41-12-8-10-37(2)28-41/h3-33H,1-2H3. The van der Waals surface area contributed by atoms with Gasteiger partial charge in [-0.05, 0) is 126 Å². The minimum absolute atomic E-state index is 0.0575. The van der Waals surface area contributed by atoms with Gasteiger partial charge in [-0.2, -0.15) is 23.7 Å². The minimum Gasteiger partial charge on any atom is -0.309 e. The number of aryl methyl sites for hydroxylation is 2. The topological polar surface area (TPSA) is 57.4 Å². The Labute approximate surface area is 378 Å². The summed E-state index contributed by atoms with van der Waals surface area (Å²) in [4.78, 5) is 0. The molecule has 0 aliphatic rings. The highest BCUT2D eigenvalue weighted by Gasteiger charge is 2.34. The van der Waals surface area contributed by atoms with Crippen molar-refractivity contribution >= 4 is 43.6 Å². The van der Waals surface area contributed by atoms with E-state index in [1.165, 1.54) is 12.1 Å². The Morgan fingerprint density at radius 3 is 1.36 bits per heavy atom. The number of aromatic nitrogens is 2. The Kier molecular flexibility index (Phi) is 9.46. The highest BCUT2D eigenvalue weighted by atomic mass is 19.4. The lowest BCUT2D eigenvalue weighted by atomic mass is 9.92. The van der Waals surface area contributed by atoms with Crippen LogP contribution in [0.4, 0.5) is 13.2 Å². The molecule has 0 spiro atoms. The molecule has 0 saturated carbocycles. The van der Waals surface area contributed by atoms with Crippen molar-refractivity contribution in [2.45, 2.75) is 20.0 Å². The van der Waals surface area contributed by atoms with Gasteiger partial charge in [-0.15, -0.1) is 0 Å². The molecule has 0 N–H and O–H groups in total. The molecule has 0 bridgehead atoms. The SMILES string of the molecule is Cc1cccc(-c2ccc3c(c2)c2ccccc2n3-c2ccc(C#N)cc2-c2cc(-c3ccc(C#N)cc3C(F)(F)F)ccc2-n2c3ccccc3c3cc(-c4cccc(C)c4)ccc32)c1. The molecular formula is C59H37F3N4. The fourth-order valence-electron chi connectivity index (χ4n) is 9.70. The molecular weight excluding hydrogens is 822 g/mol. The van der Waals surface area contributed by atoms with Crippen LogP contribution in [0.1, 0.15) is 27.8 Å². The number of hydrogen-bond acceptors (Lipinski definition) is 2. The van der Waals surface area contributed by atoms with Crippen molar-refractivity contribution in [3.63, 3.8) is 0 Å². The van der Waals surface area contributed by atoms with Crippen LogP contribution in [0, 0.1) is 36.5 Å². The van der Waals surface area contributed by atoms with Crippen molar-refractivity contribution in [2.75, 3.05) is 0 Å². The van der Waals surface area contributed by atoms with Gasteiger partial charge in [0.1, 0.15) is 0 Å². The molecule has 7 heteroatoms. The molecule has 2 heterocycles. The molecule has 11 rings (SSSR count). The summed E-state index contributed by atoms with van der Waals surface area (Å²) in [5.41, 5.74) is 12.7. The van der Waals surface area contributed by atoms with Gasteiger partial charge in [-0.25, -0.2) is 0 Å². The van der Waals surface area contributed by atoms with Crippen LogP contribution in [0.5, 0.6) is 0 Å². The third-order valence-electron chi connectivity index (χ3n) is 12.7. The average Bonchev–Trinajstić information content (AvgIpc) is 3.85. The molecule has 0 amide bonds. The van der Waals surface area contributed by atoms with Crippen molar-refractivity contribution in [1.29, 1.82) is 10.5 Å². The average molecular weight is 859 g/mol. The van der Waals surface area contributed by atoms with E-state index in [1.807, 2.05) is 48.5 Å². The molecule has 0 saturated heterocycles. The zero-order valence-electron chi connectivity index (χ0n) is 35.8. The molecule has 2 aromatic heterocycles. The van der Waals surface area contributed by atoms with E-state index in [0.717, 1.165) is 88.7 Å². The summed E-state index contributed by atoms with van der Waals surface area (Å²) >= 11 is 0. The van der Waals surface area contributed by atoms with Crippen LogP contribution >= 0.6 is 0 Å². The van der Waals surface area contributed by atoms with E-state index in [0.29, 0.717) is 27.9 Å². The quantitative estimate of drug-likeness (QED) is 0.167. The summed E-state index contributed by atoms with van der Waals surface area (Å²) in [5, 5.41) is 24.2. The monoisotopic (exact) mass is 858 g/mol. The van der Waals surface area contributed by atoms with Crippen LogP contribution in [0.25, 0.3) is 99.5 Å². The summed E-state index contributed by atoms with van der Waals surface area (Å²) < 4.78 is 49.2. The first-order chi connectivity index (χ1) is 32.1. The second kappa shape index (κ2) is 15.6. The lowest BCUT2D eigenvalue weighted by Gasteiger charge is -2.21. The lowest BCUT2D eigenvalue weighted by molar-refractivity contribution is -0.137. The Balaban J connectivity index is 1.23. The first-order valence-electron chi connectivity index (χ1n) is 21.6. The molecule has 9 aromatic carbocycles. The van der Waals surface area contributed by atoms with Crippen molar-refractivity contribution in [3.8, 4) is 68.0 Å². The van der Waals surface area contributed by atoms with Crippen LogP contribution in [0.15, 0.2) is 188 Å². The summed E-state index contributed by atoms with van der Waals surface area (Å²) in [6, 6.07) is 65.0. The number of alkyl halides is 3. The normalized spacial score (nSPS) is 11.7. The van der Waals surface area contributed by atoms with E-state index in [1.54, 1.807) is 18.2 Å². The summed E-state index contributed by atoms with van der Waals surface area (Å²) in [6.45, 7) is 4.16. The van der Waals surface area contributed by atoms with Gasteiger partial charge in [0.05, 0.1) is 62.3 Å². The second-order valence-corrected chi connectivity index (χ2v) is 16.9. The van der Waals surface area contributed by atoms with Crippen molar-refractivity contribution in [1.82, 2.24) is 9.13 Å². The summed E-state index contributed by atoms with van der Waals surface area (Å²) in [6.07, 6.45) is -4.74. The third kappa shape index (κ3) is 6.69. The molecule has 0 aliphatic heterocycles. The van der Waals surface area contributed by atoms with Gasteiger partial charge < -0.3 is 9.13 Å². The molecule has 0 radical (unpaired) electrons. The van der Waals surface area contributed by atoms with Gasteiger partial charge in [0.25, 0.3) is 0 Å². The molecule has 314 valence electrons. The largest absolute Gasteiger partial charge is 0.417 e. The van der Waals surface area contributed by atoms with E-state index < -0.39 is 11.7 Å². The van der Waals surface area contributed by atoms with Crippen molar-refractivity contribution in [2.24, 2.45) is 0 Å². The Morgan fingerprint density at radius 2 is 0.833 bits per heavy atom. The minimum atomic E-state index is -4.74. The van der Waals surface area contributed by atoms with Gasteiger partial charge in [0.15, 0.2) is 0 Å². The van der Waals surface area contributed by atoms with Crippen LogP contribution in [-0.4, -0.2) is 9.13 Å². The number of nitrogens with zero attached hydrogens (tertiary/aromatic N) is 4. The van der Waals surface area contributed by atoms with Crippen molar-refractivity contribution < 1.29 is 13.2 Å². The molecule has 0 atom stereocenters. The van der Waals surface area contributed by atoms with E-state index in [2.05, 4.69) is 138 Å². The lowest BCUT2D eigenvalue weighted by Crippen LogP contribution is -2.08. The van der Waals surface area contributed by atoms with Crippen LogP contribution in [-0.2, 0) is 6.18 Å². The first kappa shape index (κ1) is 40.1. The van der Waals surface area contributed by atoms with Gasteiger partial charge >= 0.3 is 6.18 Å². The van der Waals surface area contributed by atoms with E-state index in [-0.39, 0.29) is 11.1 Å². The maximum absolute atomic E-state index is 15.0. The summed E-state index contributed by atoms with van der Waals surface area (Å²) in [5.74, 6) is 0. The number of nitriles is 2. The molecule has 66 heavy (non-hydrogen) atoms. The predicted octanol–water partition coefficient (Wildman–Crippen LogP) is 15.9. The van der Waals surface area contributed by atoms with Crippen LogP contribution in [0.2, 0.25) is 0 Å². The third-order valence-corrected chi connectivity index (χ3v) is 12.7. The highest BCUT2D eigenvalue weighted by Crippen LogP contribution is 2.45. The number of fused-ring (bicyclic) bond motifs is 6.